The number of hydrogen-bond donors (Lipinski definition) is 2. The Balaban J connectivity index is 2.11. The van der Waals surface area contributed by atoms with Gasteiger partial charge in [0.25, 0.3) is 0 Å². The van der Waals surface area contributed by atoms with E-state index in [1.54, 1.807) is 31.4 Å². The van der Waals surface area contributed by atoms with Crippen molar-refractivity contribution in [3.8, 4) is 0 Å². The topological polar surface area (TPSA) is 49.9 Å². The van der Waals surface area contributed by atoms with Gasteiger partial charge in [-0.05, 0) is 6.07 Å². The van der Waals surface area contributed by atoms with Crippen LogP contribution in [0.15, 0.2) is 30.3 Å². The summed E-state index contributed by atoms with van der Waals surface area (Å²) >= 11 is 5.06. The first-order valence-electron chi connectivity index (χ1n) is 5.75. The third-order valence-corrected chi connectivity index (χ3v) is 2.71. The van der Waals surface area contributed by atoms with Crippen LogP contribution in [0.3, 0.4) is 0 Å². The zero-order chi connectivity index (χ0) is 13.7. The molecular formula is C13H14FN3OS. The summed E-state index contributed by atoms with van der Waals surface area (Å²) < 4.78 is 18.9. The maximum Gasteiger partial charge on any atom is 0.135 e. The van der Waals surface area contributed by atoms with Gasteiger partial charge < -0.3 is 15.0 Å². The predicted molar refractivity (Wildman–Crippen MR) is 73.9 cm³/mol. The molecule has 0 unspecified atom stereocenters. The summed E-state index contributed by atoms with van der Waals surface area (Å²) in [7, 11) is 1.58. The highest BCUT2D eigenvalue weighted by atomic mass is 32.1. The zero-order valence-electron chi connectivity index (χ0n) is 10.4. The van der Waals surface area contributed by atoms with E-state index < -0.39 is 0 Å². The van der Waals surface area contributed by atoms with E-state index in [0.717, 1.165) is 0 Å². The first-order chi connectivity index (χ1) is 9.19. The Morgan fingerprint density at radius 2 is 2.21 bits per heavy atom. The Kier molecular flexibility index (Phi) is 4.59. The van der Waals surface area contributed by atoms with Crippen LogP contribution in [-0.2, 0) is 17.9 Å². The number of anilines is 1. The van der Waals surface area contributed by atoms with E-state index in [4.69, 9.17) is 17.0 Å². The van der Waals surface area contributed by atoms with Crippen molar-refractivity contribution in [2.45, 2.75) is 13.2 Å². The van der Waals surface area contributed by atoms with Gasteiger partial charge in [-0.2, -0.15) is 0 Å². The van der Waals surface area contributed by atoms with Crippen molar-refractivity contribution in [1.29, 1.82) is 0 Å². The first kappa shape index (κ1) is 13.6. The minimum Gasteiger partial charge on any atom is -0.377 e. The van der Waals surface area contributed by atoms with Crippen molar-refractivity contribution >= 4 is 18.0 Å². The van der Waals surface area contributed by atoms with Crippen LogP contribution in [0.2, 0.25) is 0 Å². The lowest BCUT2D eigenvalue weighted by Crippen LogP contribution is -2.06. The SMILES string of the molecule is COCc1nc(=S)cc(NCc2ccccc2F)[nH]1. The van der Waals surface area contributed by atoms with Crippen LogP contribution in [0.4, 0.5) is 10.2 Å². The average molecular weight is 279 g/mol. The number of hydrogen-bond acceptors (Lipinski definition) is 4. The number of benzene rings is 1. The molecule has 0 saturated carbocycles. The highest BCUT2D eigenvalue weighted by Gasteiger charge is 2.02. The number of rotatable bonds is 5. The zero-order valence-corrected chi connectivity index (χ0v) is 11.3. The maximum atomic E-state index is 13.5. The molecule has 19 heavy (non-hydrogen) atoms. The molecule has 2 aromatic rings. The number of nitrogens with one attached hydrogen (secondary N) is 2. The summed E-state index contributed by atoms with van der Waals surface area (Å²) in [6.45, 7) is 0.716. The molecule has 0 spiro atoms. The third-order valence-electron chi connectivity index (χ3n) is 2.50. The quantitative estimate of drug-likeness (QED) is 0.826. The van der Waals surface area contributed by atoms with Crippen molar-refractivity contribution in [3.05, 3.63) is 52.2 Å². The second-order valence-electron chi connectivity index (χ2n) is 3.96. The van der Waals surface area contributed by atoms with E-state index >= 15 is 0 Å². The summed E-state index contributed by atoms with van der Waals surface area (Å²) in [5.74, 6) is 1.08. The third kappa shape index (κ3) is 3.84. The molecule has 0 radical (unpaired) electrons. The van der Waals surface area contributed by atoms with E-state index in [2.05, 4.69) is 15.3 Å². The van der Waals surface area contributed by atoms with E-state index in [-0.39, 0.29) is 5.82 Å². The molecule has 1 aromatic heterocycles. The van der Waals surface area contributed by atoms with E-state index in [1.165, 1.54) is 6.07 Å². The minimum absolute atomic E-state index is 0.236. The van der Waals surface area contributed by atoms with Gasteiger partial charge in [0.1, 0.15) is 28.7 Å². The van der Waals surface area contributed by atoms with Crippen LogP contribution < -0.4 is 5.32 Å². The number of ether oxygens (including phenoxy) is 1. The Hall–Kier alpha value is -1.79. The van der Waals surface area contributed by atoms with Crippen molar-refractivity contribution < 1.29 is 9.13 Å². The lowest BCUT2D eigenvalue weighted by molar-refractivity contribution is 0.178. The first-order valence-corrected chi connectivity index (χ1v) is 6.16. The number of aromatic amines is 1. The van der Waals surface area contributed by atoms with Gasteiger partial charge in [-0.15, -0.1) is 0 Å². The van der Waals surface area contributed by atoms with Gasteiger partial charge in [0.2, 0.25) is 0 Å². The molecule has 0 saturated heterocycles. The van der Waals surface area contributed by atoms with E-state index in [0.29, 0.717) is 35.0 Å². The fourth-order valence-corrected chi connectivity index (χ4v) is 1.87. The van der Waals surface area contributed by atoms with Crippen LogP contribution in [0.1, 0.15) is 11.4 Å². The molecule has 100 valence electrons. The van der Waals surface area contributed by atoms with Crippen LogP contribution in [0, 0.1) is 10.5 Å². The molecule has 0 atom stereocenters. The Labute approximate surface area is 115 Å². The predicted octanol–water partition coefficient (Wildman–Crippen LogP) is 3.04. The van der Waals surface area contributed by atoms with Crippen LogP contribution in [0.5, 0.6) is 0 Å². The Morgan fingerprint density at radius 3 is 2.95 bits per heavy atom. The number of methoxy groups -OCH3 is 1. The number of aromatic nitrogens is 2. The highest BCUT2D eigenvalue weighted by Crippen LogP contribution is 2.10. The standard InChI is InChI=1S/C13H14FN3OS/c1-18-8-12-16-11(6-13(19)17-12)15-7-9-4-2-3-5-10(9)14/h2-6H,7-8H2,1H3,(H2,15,16,17,19). The molecular weight excluding hydrogens is 265 g/mol. The van der Waals surface area contributed by atoms with Crippen molar-refractivity contribution in [1.82, 2.24) is 9.97 Å². The second kappa shape index (κ2) is 6.40. The van der Waals surface area contributed by atoms with E-state index in [9.17, 15) is 4.39 Å². The molecule has 2 N–H and O–H groups in total. The molecule has 0 amide bonds. The van der Waals surface area contributed by atoms with Crippen molar-refractivity contribution in [2.24, 2.45) is 0 Å². The molecule has 0 bridgehead atoms. The smallest absolute Gasteiger partial charge is 0.135 e. The maximum absolute atomic E-state index is 13.5. The van der Waals surface area contributed by atoms with Crippen LogP contribution in [-0.4, -0.2) is 17.1 Å². The highest BCUT2D eigenvalue weighted by molar-refractivity contribution is 7.71. The molecule has 1 aromatic carbocycles. The lowest BCUT2D eigenvalue weighted by atomic mass is 10.2. The van der Waals surface area contributed by atoms with Gasteiger partial charge >= 0.3 is 0 Å². The molecule has 0 fully saturated rings. The second-order valence-corrected chi connectivity index (χ2v) is 4.38. The monoisotopic (exact) mass is 279 g/mol. The minimum atomic E-state index is -0.236. The summed E-state index contributed by atoms with van der Waals surface area (Å²) in [5.41, 5.74) is 0.590. The Morgan fingerprint density at radius 1 is 1.42 bits per heavy atom. The number of H-pyrrole nitrogens is 1. The van der Waals surface area contributed by atoms with Gasteiger partial charge in [0.05, 0.1) is 0 Å². The van der Waals surface area contributed by atoms with Gasteiger partial charge in [0, 0.05) is 25.3 Å². The normalized spacial score (nSPS) is 10.4. The van der Waals surface area contributed by atoms with Gasteiger partial charge in [-0.3, -0.25) is 0 Å². The summed E-state index contributed by atoms with van der Waals surface area (Å²) in [5, 5.41) is 3.08. The fraction of sp³-hybridized carbons (Fsp3) is 0.231. The average Bonchev–Trinajstić information content (AvgIpc) is 2.37. The van der Waals surface area contributed by atoms with Crippen LogP contribution in [0.25, 0.3) is 0 Å². The summed E-state index contributed by atoms with van der Waals surface area (Å²) in [6, 6.07) is 8.31. The summed E-state index contributed by atoms with van der Waals surface area (Å²) in [6.07, 6.45) is 0. The molecule has 4 nitrogen and oxygen atoms in total. The van der Waals surface area contributed by atoms with Gasteiger partial charge in [0.15, 0.2) is 0 Å². The largest absolute Gasteiger partial charge is 0.377 e. The number of halogens is 1. The lowest BCUT2D eigenvalue weighted by Gasteiger charge is -2.09. The van der Waals surface area contributed by atoms with Crippen LogP contribution >= 0.6 is 12.2 Å². The Bertz CT molecular complexity index is 615. The van der Waals surface area contributed by atoms with Crippen molar-refractivity contribution in [3.63, 3.8) is 0 Å². The summed E-state index contributed by atoms with van der Waals surface area (Å²) in [4.78, 5) is 7.16. The molecule has 6 heteroatoms. The number of nitrogens with zero attached hydrogens (tertiary/aromatic N) is 1. The molecule has 0 aliphatic heterocycles. The molecule has 0 aliphatic carbocycles. The fourth-order valence-electron chi connectivity index (χ4n) is 1.64. The molecule has 2 rings (SSSR count). The molecule has 0 aliphatic rings. The van der Waals surface area contributed by atoms with Gasteiger partial charge in [-0.1, -0.05) is 30.4 Å². The molecule has 1 heterocycles. The van der Waals surface area contributed by atoms with Crippen molar-refractivity contribution in [2.75, 3.05) is 12.4 Å². The van der Waals surface area contributed by atoms with E-state index in [1.807, 2.05) is 0 Å². The van der Waals surface area contributed by atoms with Gasteiger partial charge in [-0.25, -0.2) is 9.37 Å².